The third-order valence-corrected chi connectivity index (χ3v) is 4.79. The maximum absolute atomic E-state index is 13.6. The molecule has 7 nitrogen and oxygen atoms in total. The number of amides is 1. The van der Waals surface area contributed by atoms with Crippen LogP contribution in [0, 0.1) is 5.82 Å². The van der Waals surface area contributed by atoms with Crippen LogP contribution < -0.4 is 10.6 Å². The zero-order valence-corrected chi connectivity index (χ0v) is 15.2. The molecule has 2 aromatic carbocycles. The Balaban J connectivity index is 1.42. The summed E-state index contributed by atoms with van der Waals surface area (Å²) < 4.78 is 15.2. The predicted molar refractivity (Wildman–Crippen MR) is 104 cm³/mol. The van der Waals surface area contributed by atoms with Crippen molar-refractivity contribution >= 4 is 45.2 Å². The molecule has 0 atom stereocenters. The van der Waals surface area contributed by atoms with Gasteiger partial charge in [-0.1, -0.05) is 23.5 Å². The molecule has 10 heteroatoms. The van der Waals surface area contributed by atoms with E-state index < -0.39 is 11.7 Å². The molecule has 1 amide bonds. The standard InChI is InChI=1S/C17H11FN6OS2/c18-13-4-2-1-3-12(13)14(25)21-16(26)20-11-7-5-10(6-8-11)15-23-24-9-19-22-17(24)27-15/h1-9H,(H2,20,21,25,26). The number of aromatic nitrogens is 4. The summed E-state index contributed by atoms with van der Waals surface area (Å²) in [5, 5.41) is 18.4. The minimum absolute atomic E-state index is 0.0692. The van der Waals surface area contributed by atoms with Crippen LogP contribution in [0.25, 0.3) is 15.5 Å². The summed E-state index contributed by atoms with van der Waals surface area (Å²) in [6.07, 6.45) is 1.54. The van der Waals surface area contributed by atoms with Crippen molar-refractivity contribution < 1.29 is 9.18 Å². The second-order valence-corrected chi connectivity index (χ2v) is 6.79. The van der Waals surface area contributed by atoms with Crippen LogP contribution in [0.1, 0.15) is 10.4 Å². The van der Waals surface area contributed by atoms with Crippen LogP contribution in [0.3, 0.4) is 0 Å². The molecule has 0 unspecified atom stereocenters. The molecule has 134 valence electrons. The molecule has 0 aliphatic rings. The van der Waals surface area contributed by atoms with Crippen LogP contribution in [-0.4, -0.2) is 30.8 Å². The highest BCUT2D eigenvalue weighted by Crippen LogP contribution is 2.25. The van der Waals surface area contributed by atoms with E-state index in [2.05, 4.69) is 25.9 Å². The van der Waals surface area contributed by atoms with E-state index in [0.717, 1.165) is 10.6 Å². The van der Waals surface area contributed by atoms with Crippen LogP contribution in [0.2, 0.25) is 0 Å². The van der Waals surface area contributed by atoms with Gasteiger partial charge in [0.2, 0.25) is 4.96 Å². The molecule has 0 aliphatic heterocycles. The number of benzene rings is 2. The van der Waals surface area contributed by atoms with Crippen molar-refractivity contribution in [2.75, 3.05) is 5.32 Å². The summed E-state index contributed by atoms with van der Waals surface area (Å²) in [5.41, 5.74) is 1.53. The van der Waals surface area contributed by atoms with E-state index in [-0.39, 0.29) is 10.7 Å². The third kappa shape index (κ3) is 3.66. The lowest BCUT2D eigenvalue weighted by atomic mass is 10.2. The molecule has 2 aromatic heterocycles. The highest BCUT2D eigenvalue weighted by Gasteiger charge is 2.12. The minimum atomic E-state index is -0.609. The first kappa shape index (κ1) is 17.2. The van der Waals surface area contributed by atoms with Crippen molar-refractivity contribution in [3.63, 3.8) is 0 Å². The number of carbonyl (C=O) groups is 1. The van der Waals surface area contributed by atoms with Crippen LogP contribution in [0.5, 0.6) is 0 Å². The number of rotatable bonds is 3. The Labute approximate surface area is 161 Å². The highest BCUT2D eigenvalue weighted by atomic mass is 32.1. The van der Waals surface area contributed by atoms with Crippen molar-refractivity contribution in [3.8, 4) is 10.6 Å². The van der Waals surface area contributed by atoms with Crippen molar-refractivity contribution in [1.29, 1.82) is 0 Å². The number of carbonyl (C=O) groups excluding carboxylic acids is 1. The Morgan fingerprint density at radius 3 is 2.67 bits per heavy atom. The summed E-state index contributed by atoms with van der Waals surface area (Å²) in [6.45, 7) is 0. The first-order valence-electron chi connectivity index (χ1n) is 7.74. The highest BCUT2D eigenvalue weighted by molar-refractivity contribution is 7.80. The Hall–Kier alpha value is -3.24. The summed E-state index contributed by atoms with van der Waals surface area (Å²) in [4.78, 5) is 12.8. The first-order chi connectivity index (χ1) is 13.1. The van der Waals surface area contributed by atoms with Gasteiger partial charge < -0.3 is 5.32 Å². The molecular formula is C17H11FN6OS2. The fourth-order valence-corrected chi connectivity index (χ4v) is 3.39. The quantitative estimate of drug-likeness (QED) is 0.516. The van der Waals surface area contributed by atoms with Crippen LogP contribution in [0.15, 0.2) is 54.9 Å². The lowest BCUT2D eigenvalue weighted by Gasteiger charge is -2.10. The van der Waals surface area contributed by atoms with Crippen molar-refractivity contribution in [3.05, 3.63) is 66.2 Å². The van der Waals surface area contributed by atoms with E-state index >= 15 is 0 Å². The Morgan fingerprint density at radius 1 is 1.15 bits per heavy atom. The molecule has 4 rings (SSSR count). The largest absolute Gasteiger partial charge is 0.332 e. The fraction of sp³-hybridized carbons (Fsp3) is 0. The Morgan fingerprint density at radius 2 is 1.93 bits per heavy atom. The number of fused-ring (bicyclic) bond motifs is 1. The number of hydrogen-bond donors (Lipinski definition) is 2. The molecule has 0 fully saturated rings. The van der Waals surface area contributed by atoms with E-state index in [0.29, 0.717) is 10.6 Å². The van der Waals surface area contributed by atoms with Crippen molar-refractivity contribution in [2.24, 2.45) is 0 Å². The molecule has 0 aliphatic carbocycles. The number of hydrogen-bond acceptors (Lipinski definition) is 6. The number of thiocarbonyl (C=S) groups is 1. The average Bonchev–Trinajstić information content (AvgIpc) is 3.24. The summed E-state index contributed by atoms with van der Waals surface area (Å²) >= 11 is 6.54. The van der Waals surface area contributed by atoms with Crippen LogP contribution in [-0.2, 0) is 0 Å². The number of anilines is 1. The lowest BCUT2D eigenvalue weighted by molar-refractivity contribution is 0.0974. The normalized spacial score (nSPS) is 10.7. The van der Waals surface area contributed by atoms with E-state index in [1.807, 2.05) is 12.1 Å². The summed E-state index contributed by atoms with van der Waals surface area (Å²) in [5.74, 6) is -1.21. The van der Waals surface area contributed by atoms with Gasteiger partial charge in [-0.05, 0) is 48.6 Å². The van der Waals surface area contributed by atoms with Gasteiger partial charge in [-0.3, -0.25) is 10.1 Å². The predicted octanol–water partition coefficient (Wildman–Crippen LogP) is 3.12. The van der Waals surface area contributed by atoms with Gasteiger partial charge in [-0.15, -0.1) is 10.2 Å². The fourth-order valence-electron chi connectivity index (χ4n) is 2.35. The van der Waals surface area contributed by atoms with Gasteiger partial charge in [-0.2, -0.15) is 9.61 Å². The van der Waals surface area contributed by atoms with Gasteiger partial charge in [0, 0.05) is 11.3 Å². The van der Waals surface area contributed by atoms with E-state index in [1.165, 1.54) is 29.5 Å². The third-order valence-electron chi connectivity index (χ3n) is 3.62. The van der Waals surface area contributed by atoms with Gasteiger partial charge in [0.15, 0.2) is 5.11 Å². The zero-order chi connectivity index (χ0) is 18.8. The maximum atomic E-state index is 13.6. The van der Waals surface area contributed by atoms with Gasteiger partial charge in [-0.25, -0.2) is 4.39 Å². The zero-order valence-electron chi connectivity index (χ0n) is 13.6. The van der Waals surface area contributed by atoms with Gasteiger partial charge in [0.25, 0.3) is 5.91 Å². The molecular weight excluding hydrogens is 387 g/mol. The molecule has 2 heterocycles. The van der Waals surface area contributed by atoms with E-state index in [9.17, 15) is 9.18 Å². The molecule has 2 N–H and O–H groups in total. The Kier molecular flexibility index (Phi) is 4.57. The minimum Gasteiger partial charge on any atom is -0.332 e. The maximum Gasteiger partial charge on any atom is 0.260 e. The summed E-state index contributed by atoms with van der Waals surface area (Å²) in [7, 11) is 0. The molecule has 0 saturated carbocycles. The lowest BCUT2D eigenvalue weighted by Crippen LogP contribution is -2.34. The molecule has 0 spiro atoms. The van der Waals surface area contributed by atoms with E-state index in [4.69, 9.17) is 12.2 Å². The van der Waals surface area contributed by atoms with Crippen LogP contribution >= 0.6 is 23.6 Å². The number of halogens is 1. The second-order valence-electron chi connectivity index (χ2n) is 5.43. The molecule has 0 radical (unpaired) electrons. The number of nitrogens with zero attached hydrogens (tertiary/aromatic N) is 4. The van der Waals surface area contributed by atoms with Gasteiger partial charge in [0.05, 0.1) is 5.56 Å². The van der Waals surface area contributed by atoms with Crippen molar-refractivity contribution in [1.82, 2.24) is 25.1 Å². The van der Waals surface area contributed by atoms with E-state index in [1.54, 1.807) is 29.0 Å². The molecule has 0 saturated heterocycles. The molecule has 4 aromatic rings. The summed E-state index contributed by atoms with van der Waals surface area (Å²) in [6, 6.07) is 13.1. The topological polar surface area (TPSA) is 84.2 Å². The smallest absolute Gasteiger partial charge is 0.260 e. The SMILES string of the molecule is O=C(NC(=S)Nc1ccc(-c2nn3cnnc3s2)cc1)c1ccccc1F. The van der Waals surface area contributed by atoms with Gasteiger partial charge in [0.1, 0.15) is 17.2 Å². The van der Waals surface area contributed by atoms with Gasteiger partial charge >= 0.3 is 0 Å². The van der Waals surface area contributed by atoms with Crippen LogP contribution in [0.4, 0.5) is 10.1 Å². The second kappa shape index (κ2) is 7.17. The first-order valence-corrected chi connectivity index (χ1v) is 8.97. The monoisotopic (exact) mass is 398 g/mol. The molecule has 0 bridgehead atoms. The Bertz CT molecular complexity index is 1110. The average molecular weight is 398 g/mol. The number of nitrogens with one attached hydrogen (secondary N) is 2. The molecule has 27 heavy (non-hydrogen) atoms. The van der Waals surface area contributed by atoms with Crippen molar-refractivity contribution in [2.45, 2.75) is 0 Å².